The number of aromatic nitrogens is 3. The third-order valence-electron chi connectivity index (χ3n) is 4.14. The number of esters is 1. The summed E-state index contributed by atoms with van der Waals surface area (Å²) in [6.45, 7) is 1.21. The molecule has 0 bridgehead atoms. The lowest BCUT2D eigenvalue weighted by molar-refractivity contribution is -0.153. The second-order valence-corrected chi connectivity index (χ2v) is 7.70. The van der Waals surface area contributed by atoms with Crippen molar-refractivity contribution in [3.05, 3.63) is 47.8 Å². The van der Waals surface area contributed by atoms with Crippen molar-refractivity contribution in [3.8, 4) is 5.75 Å². The minimum Gasteiger partial charge on any atom is -0.609 e. The molecule has 0 spiro atoms. The maximum atomic E-state index is 13.1. The van der Waals surface area contributed by atoms with Gasteiger partial charge in [-0.1, -0.05) is 12.1 Å². The highest BCUT2D eigenvalue weighted by Gasteiger charge is 2.29. The van der Waals surface area contributed by atoms with E-state index < -0.39 is 29.9 Å². The lowest BCUT2D eigenvalue weighted by Gasteiger charge is -2.15. The van der Waals surface area contributed by atoms with Crippen LogP contribution >= 0.6 is 0 Å². The Hall–Kier alpha value is -2.79. The highest BCUT2D eigenvalue weighted by molar-refractivity contribution is 7.90. The number of imidazole rings is 1. The van der Waals surface area contributed by atoms with Crippen molar-refractivity contribution < 1.29 is 32.0 Å². The fourth-order valence-electron chi connectivity index (χ4n) is 2.72. The van der Waals surface area contributed by atoms with E-state index in [0.29, 0.717) is 22.3 Å². The first-order valence-electron chi connectivity index (χ1n) is 8.77. The van der Waals surface area contributed by atoms with Gasteiger partial charge in [-0.25, -0.2) is 4.57 Å². The Morgan fingerprint density at radius 2 is 2.00 bits per heavy atom. The van der Waals surface area contributed by atoms with E-state index in [-0.39, 0.29) is 23.4 Å². The number of alkyl halides is 3. The number of hydrogen-bond acceptors (Lipinski definition) is 6. The number of rotatable bonds is 7. The number of fused-ring (bicyclic) bond motifs is 1. The Kier molecular flexibility index (Phi) is 6.52. The zero-order valence-corrected chi connectivity index (χ0v) is 16.9. The Morgan fingerprint density at radius 3 is 2.70 bits per heavy atom. The van der Waals surface area contributed by atoms with E-state index in [4.69, 9.17) is 9.47 Å². The second kappa shape index (κ2) is 8.92. The number of nitrogens with zero attached hydrogens (tertiary/aromatic N) is 3. The molecule has 1 atom stereocenters. The predicted octanol–water partition coefficient (Wildman–Crippen LogP) is 3.51. The minimum absolute atomic E-state index is 0.0164. The predicted molar refractivity (Wildman–Crippen MR) is 102 cm³/mol. The molecular formula is C19H18F3N3O4S. The van der Waals surface area contributed by atoms with Gasteiger partial charge in [-0.05, 0) is 25.1 Å². The number of ether oxygens (including phenoxy) is 2. The standard InChI is InChI=1S/C19H18F3N3O4S/c1-12-15(23-8-7-17(12)28-10-19(20,21)22)9-30(27)18-24-14-5-3-4-6-16(14)25(18)11-29-13(2)26/h3-8H,9-11H2,1-2H3. The summed E-state index contributed by atoms with van der Waals surface area (Å²) in [5, 5.41) is 0.167. The Morgan fingerprint density at radius 1 is 1.27 bits per heavy atom. The van der Waals surface area contributed by atoms with E-state index in [2.05, 4.69) is 9.97 Å². The number of halogens is 3. The van der Waals surface area contributed by atoms with Gasteiger partial charge in [0.1, 0.15) is 5.75 Å². The van der Waals surface area contributed by atoms with Crippen LogP contribution in [0.4, 0.5) is 13.2 Å². The quantitative estimate of drug-likeness (QED) is 0.412. The summed E-state index contributed by atoms with van der Waals surface area (Å²) in [6, 6.07) is 8.35. The molecule has 0 fully saturated rings. The first-order chi connectivity index (χ1) is 14.2. The first-order valence-corrected chi connectivity index (χ1v) is 10.1. The average Bonchev–Trinajstić information content (AvgIpc) is 3.05. The van der Waals surface area contributed by atoms with E-state index in [0.717, 1.165) is 0 Å². The third-order valence-corrected chi connectivity index (χ3v) is 5.39. The molecule has 1 unspecified atom stereocenters. The van der Waals surface area contributed by atoms with Gasteiger partial charge in [0.15, 0.2) is 19.1 Å². The van der Waals surface area contributed by atoms with Gasteiger partial charge in [0.2, 0.25) is 0 Å². The molecule has 0 aliphatic rings. The highest BCUT2D eigenvalue weighted by Crippen LogP contribution is 2.27. The average molecular weight is 441 g/mol. The molecule has 7 nitrogen and oxygen atoms in total. The van der Waals surface area contributed by atoms with Crippen LogP contribution in [0.2, 0.25) is 0 Å². The molecular weight excluding hydrogens is 423 g/mol. The summed E-state index contributed by atoms with van der Waals surface area (Å²) >= 11 is -1.71. The van der Waals surface area contributed by atoms with Crippen LogP contribution in [0.15, 0.2) is 41.7 Å². The van der Waals surface area contributed by atoms with Crippen LogP contribution in [0.5, 0.6) is 5.75 Å². The Labute approximate surface area is 173 Å². The molecule has 2 heterocycles. The SMILES string of the molecule is CC(=O)OCn1c([S+]([O-])Cc2nccc(OCC(F)(F)F)c2C)nc2ccccc21. The fourth-order valence-corrected chi connectivity index (χ4v) is 3.98. The van der Waals surface area contributed by atoms with Crippen molar-refractivity contribution in [1.29, 1.82) is 0 Å². The van der Waals surface area contributed by atoms with Crippen LogP contribution in [0, 0.1) is 6.92 Å². The van der Waals surface area contributed by atoms with E-state index >= 15 is 0 Å². The molecule has 0 amide bonds. The van der Waals surface area contributed by atoms with Crippen LogP contribution in [0.25, 0.3) is 11.0 Å². The van der Waals surface area contributed by atoms with Crippen molar-refractivity contribution >= 4 is 28.2 Å². The molecule has 0 saturated heterocycles. The van der Waals surface area contributed by atoms with E-state index in [1.807, 2.05) is 0 Å². The molecule has 160 valence electrons. The zero-order chi connectivity index (χ0) is 21.9. The maximum Gasteiger partial charge on any atom is 0.422 e. The Bertz CT molecular complexity index is 1060. The number of para-hydroxylation sites is 2. The normalized spacial score (nSPS) is 12.7. The molecule has 11 heteroatoms. The molecule has 0 N–H and O–H groups in total. The van der Waals surface area contributed by atoms with Gasteiger partial charge in [-0.2, -0.15) is 18.2 Å². The molecule has 3 aromatic rings. The van der Waals surface area contributed by atoms with Crippen molar-refractivity contribution in [2.75, 3.05) is 6.61 Å². The number of pyridine rings is 1. The third kappa shape index (κ3) is 5.22. The summed E-state index contributed by atoms with van der Waals surface area (Å²) in [5.41, 5.74) is 1.88. The second-order valence-electron chi connectivity index (χ2n) is 6.35. The van der Waals surface area contributed by atoms with Gasteiger partial charge in [-0.15, -0.1) is 0 Å². The summed E-state index contributed by atoms with van der Waals surface area (Å²) in [4.78, 5) is 19.7. The topological polar surface area (TPSA) is 89.3 Å². The van der Waals surface area contributed by atoms with Gasteiger partial charge in [0.05, 0.1) is 16.7 Å². The Balaban J connectivity index is 1.87. The van der Waals surface area contributed by atoms with Gasteiger partial charge in [0, 0.05) is 29.9 Å². The first kappa shape index (κ1) is 21.9. The minimum atomic E-state index is -4.47. The zero-order valence-electron chi connectivity index (χ0n) is 16.1. The number of carbonyl (C=O) groups is 1. The number of hydrogen-bond donors (Lipinski definition) is 0. The molecule has 0 aliphatic heterocycles. The number of benzene rings is 1. The summed E-state index contributed by atoms with van der Waals surface area (Å²) < 4.78 is 61.8. The lowest BCUT2D eigenvalue weighted by atomic mass is 10.2. The molecule has 30 heavy (non-hydrogen) atoms. The lowest BCUT2D eigenvalue weighted by Crippen LogP contribution is -2.20. The van der Waals surface area contributed by atoms with E-state index in [9.17, 15) is 22.5 Å². The fraction of sp³-hybridized carbons (Fsp3) is 0.316. The maximum absolute atomic E-state index is 13.1. The molecule has 3 rings (SSSR count). The van der Waals surface area contributed by atoms with Crippen LogP contribution in [0.3, 0.4) is 0 Å². The largest absolute Gasteiger partial charge is 0.609 e. The van der Waals surface area contributed by atoms with Gasteiger partial charge in [-0.3, -0.25) is 9.78 Å². The van der Waals surface area contributed by atoms with Crippen LogP contribution in [-0.4, -0.2) is 37.8 Å². The number of carbonyl (C=O) groups excluding carboxylic acids is 1. The summed E-state index contributed by atoms with van der Waals surface area (Å²) in [5.74, 6) is -0.586. The summed E-state index contributed by atoms with van der Waals surface area (Å²) in [7, 11) is 0. The monoisotopic (exact) mass is 441 g/mol. The smallest absolute Gasteiger partial charge is 0.422 e. The van der Waals surface area contributed by atoms with Crippen molar-refractivity contribution in [1.82, 2.24) is 14.5 Å². The molecule has 0 aliphatic carbocycles. The molecule has 0 saturated carbocycles. The van der Waals surface area contributed by atoms with Crippen LogP contribution < -0.4 is 4.74 Å². The summed E-state index contributed by atoms with van der Waals surface area (Å²) in [6.07, 6.45) is -3.17. The van der Waals surface area contributed by atoms with Crippen molar-refractivity contribution in [3.63, 3.8) is 0 Å². The van der Waals surface area contributed by atoms with E-state index in [1.54, 1.807) is 31.2 Å². The van der Waals surface area contributed by atoms with Gasteiger partial charge >= 0.3 is 17.3 Å². The molecule has 1 aromatic carbocycles. The van der Waals surface area contributed by atoms with E-state index in [1.165, 1.54) is 23.8 Å². The molecule has 2 aromatic heterocycles. The van der Waals surface area contributed by atoms with Crippen LogP contribution in [-0.2, 0) is 33.2 Å². The van der Waals surface area contributed by atoms with Crippen molar-refractivity contribution in [2.45, 2.75) is 37.7 Å². The highest BCUT2D eigenvalue weighted by atomic mass is 32.2. The van der Waals surface area contributed by atoms with Crippen molar-refractivity contribution in [2.24, 2.45) is 0 Å². The molecule has 0 radical (unpaired) electrons. The van der Waals surface area contributed by atoms with Gasteiger partial charge in [0.25, 0.3) is 0 Å². The van der Waals surface area contributed by atoms with Crippen LogP contribution in [0.1, 0.15) is 18.2 Å². The van der Waals surface area contributed by atoms with Gasteiger partial charge < -0.3 is 14.0 Å².